The monoisotopic (exact) mass is 356 g/mol. The molecule has 0 radical (unpaired) electrons. The van der Waals surface area contributed by atoms with Crippen LogP contribution in [0.4, 0.5) is 4.39 Å². The Kier molecular flexibility index (Phi) is 3.49. The first-order chi connectivity index (χ1) is 12.5. The summed E-state index contributed by atoms with van der Waals surface area (Å²) >= 11 is 0. The second kappa shape index (κ2) is 5.72. The first-order valence-corrected chi connectivity index (χ1v) is 7.62. The first kappa shape index (κ1) is 15.9. The summed E-state index contributed by atoms with van der Waals surface area (Å²) in [7, 11) is 3.11. The van der Waals surface area contributed by atoms with Gasteiger partial charge in [0, 0.05) is 19.7 Å². The summed E-state index contributed by atoms with van der Waals surface area (Å²) in [5.41, 5.74) is -0.554. The molecule has 4 rings (SSSR count). The molecule has 0 bridgehead atoms. The lowest BCUT2D eigenvalue weighted by molar-refractivity contribution is 0.582. The smallest absolute Gasteiger partial charge is 0.318 e. The minimum Gasteiger partial charge on any atom is -0.318 e. The van der Waals surface area contributed by atoms with Crippen molar-refractivity contribution in [1.29, 1.82) is 0 Å². The highest BCUT2D eigenvalue weighted by atomic mass is 19.1. The van der Waals surface area contributed by atoms with E-state index >= 15 is 0 Å². The van der Waals surface area contributed by atoms with Crippen molar-refractivity contribution >= 4 is 11.2 Å². The molecule has 11 heteroatoms. The van der Waals surface area contributed by atoms with Gasteiger partial charge in [-0.25, -0.2) is 14.2 Å². The molecule has 26 heavy (non-hydrogen) atoms. The molecule has 1 aromatic carbocycles. The molecule has 10 nitrogen and oxygen atoms in total. The molecule has 0 fully saturated rings. The molecule has 0 aliphatic carbocycles. The minimum absolute atomic E-state index is 0.184. The van der Waals surface area contributed by atoms with Crippen molar-refractivity contribution in [3.8, 4) is 11.6 Å². The van der Waals surface area contributed by atoms with Gasteiger partial charge in [0.1, 0.15) is 5.82 Å². The van der Waals surface area contributed by atoms with Crippen LogP contribution in [0.5, 0.6) is 0 Å². The standard InChI is InChI=1S/C15H13FN8O2/c1-22-10-12(17-13(22)11-18-20-21-19-11)23(2)15(26)24(14(10)25)7-8-5-3-4-6-9(8)16/h3-6H,7H2,1-2H3,(H,18,19,20,21). The summed E-state index contributed by atoms with van der Waals surface area (Å²) < 4.78 is 17.7. The minimum atomic E-state index is -0.594. The number of tetrazole rings is 1. The molecule has 1 N–H and O–H groups in total. The van der Waals surface area contributed by atoms with Gasteiger partial charge in [-0.3, -0.25) is 13.9 Å². The molecule has 0 amide bonds. The second-order valence-corrected chi connectivity index (χ2v) is 5.73. The Balaban J connectivity index is 1.99. The molecule has 0 saturated carbocycles. The van der Waals surface area contributed by atoms with E-state index in [1.54, 1.807) is 19.2 Å². The average molecular weight is 356 g/mol. The topological polar surface area (TPSA) is 116 Å². The Morgan fingerprint density at radius 2 is 1.92 bits per heavy atom. The summed E-state index contributed by atoms with van der Waals surface area (Å²) in [5, 5.41) is 13.5. The lowest BCUT2D eigenvalue weighted by Gasteiger charge is -2.09. The Labute approximate surface area is 144 Å². The van der Waals surface area contributed by atoms with Crippen molar-refractivity contribution in [1.82, 2.24) is 39.3 Å². The first-order valence-electron chi connectivity index (χ1n) is 7.62. The van der Waals surface area contributed by atoms with Crippen LogP contribution in [-0.2, 0) is 20.6 Å². The number of rotatable bonds is 3. The maximum atomic E-state index is 14.0. The third-order valence-corrected chi connectivity index (χ3v) is 4.19. The van der Waals surface area contributed by atoms with E-state index in [4.69, 9.17) is 0 Å². The van der Waals surface area contributed by atoms with Crippen LogP contribution in [0.1, 0.15) is 5.56 Å². The van der Waals surface area contributed by atoms with Crippen molar-refractivity contribution in [3.05, 3.63) is 56.5 Å². The van der Waals surface area contributed by atoms with Crippen LogP contribution in [0.25, 0.3) is 22.8 Å². The number of aromatic nitrogens is 8. The lowest BCUT2D eigenvalue weighted by Crippen LogP contribution is -2.40. The van der Waals surface area contributed by atoms with Gasteiger partial charge < -0.3 is 4.57 Å². The predicted octanol–water partition coefficient (Wildman–Crippen LogP) is -0.199. The van der Waals surface area contributed by atoms with E-state index in [2.05, 4.69) is 25.6 Å². The summed E-state index contributed by atoms with van der Waals surface area (Å²) in [4.78, 5) is 29.8. The van der Waals surface area contributed by atoms with Gasteiger partial charge in [-0.1, -0.05) is 18.2 Å². The third kappa shape index (κ3) is 2.24. The summed E-state index contributed by atoms with van der Waals surface area (Å²) in [6, 6.07) is 5.99. The van der Waals surface area contributed by atoms with Crippen molar-refractivity contribution in [2.24, 2.45) is 14.1 Å². The summed E-state index contributed by atoms with van der Waals surface area (Å²) in [6.07, 6.45) is 0. The van der Waals surface area contributed by atoms with Gasteiger partial charge in [0.15, 0.2) is 17.0 Å². The molecule has 0 saturated heterocycles. The zero-order valence-electron chi connectivity index (χ0n) is 13.8. The van der Waals surface area contributed by atoms with Gasteiger partial charge in [0.05, 0.1) is 6.54 Å². The number of hydrogen-bond donors (Lipinski definition) is 1. The maximum Gasteiger partial charge on any atom is 0.332 e. The van der Waals surface area contributed by atoms with Crippen LogP contribution in [0.3, 0.4) is 0 Å². The van der Waals surface area contributed by atoms with Crippen molar-refractivity contribution in [2.45, 2.75) is 6.54 Å². The normalized spacial score (nSPS) is 11.3. The van der Waals surface area contributed by atoms with Gasteiger partial charge in [0.25, 0.3) is 5.56 Å². The second-order valence-electron chi connectivity index (χ2n) is 5.73. The summed E-state index contributed by atoms with van der Waals surface area (Å²) in [6.45, 7) is -0.184. The Morgan fingerprint density at radius 1 is 1.15 bits per heavy atom. The number of halogens is 1. The van der Waals surface area contributed by atoms with Crippen LogP contribution >= 0.6 is 0 Å². The fourth-order valence-corrected chi connectivity index (χ4v) is 2.84. The highest BCUT2D eigenvalue weighted by Crippen LogP contribution is 2.16. The number of nitrogens with one attached hydrogen (secondary N) is 1. The molecule has 0 unspecified atom stereocenters. The number of nitrogens with zero attached hydrogens (tertiary/aromatic N) is 7. The molecule has 0 spiro atoms. The number of benzene rings is 1. The van der Waals surface area contributed by atoms with Crippen molar-refractivity contribution in [2.75, 3.05) is 0 Å². The van der Waals surface area contributed by atoms with E-state index in [9.17, 15) is 14.0 Å². The zero-order valence-corrected chi connectivity index (χ0v) is 13.8. The molecule has 3 aromatic heterocycles. The molecule has 0 aliphatic rings. The molecule has 0 aliphatic heterocycles. The number of aryl methyl sites for hydroxylation is 2. The molecule has 132 valence electrons. The van der Waals surface area contributed by atoms with Crippen LogP contribution < -0.4 is 11.2 Å². The van der Waals surface area contributed by atoms with E-state index < -0.39 is 17.1 Å². The maximum absolute atomic E-state index is 14.0. The number of hydrogen-bond acceptors (Lipinski definition) is 6. The molecular weight excluding hydrogens is 343 g/mol. The van der Waals surface area contributed by atoms with E-state index in [0.717, 1.165) is 4.57 Å². The van der Waals surface area contributed by atoms with E-state index in [-0.39, 0.29) is 34.9 Å². The quantitative estimate of drug-likeness (QED) is 0.543. The Hall–Kier alpha value is -3.63. The Morgan fingerprint density at radius 3 is 2.62 bits per heavy atom. The van der Waals surface area contributed by atoms with Crippen LogP contribution in [0.15, 0.2) is 33.9 Å². The van der Waals surface area contributed by atoms with Crippen LogP contribution in [0, 0.1) is 5.82 Å². The SMILES string of the molecule is Cn1c(-c2nn[nH]n2)nc2c1c(=O)n(Cc1ccccc1F)c(=O)n2C. The van der Waals surface area contributed by atoms with E-state index in [1.165, 1.54) is 28.3 Å². The van der Waals surface area contributed by atoms with Crippen LogP contribution in [-0.4, -0.2) is 39.3 Å². The molecular formula is C15H13FN8O2. The van der Waals surface area contributed by atoms with Gasteiger partial charge in [-0.05, 0) is 11.3 Å². The number of imidazole rings is 1. The summed E-state index contributed by atoms with van der Waals surface area (Å²) in [5.74, 6) is -0.0141. The molecule has 0 atom stereocenters. The number of fused-ring (bicyclic) bond motifs is 1. The van der Waals surface area contributed by atoms with Gasteiger partial charge in [-0.2, -0.15) is 5.21 Å². The Bertz CT molecular complexity index is 1240. The lowest BCUT2D eigenvalue weighted by atomic mass is 10.2. The van der Waals surface area contributed by atoms with E-state index in [0.29, 0.717) is 0 Å². The van der Waals surface area contributed by atoms with Crippen LogP contribution in [0.2, 0.25) is 0 Å². The molecule has 4 aromatic rings. The largest absolute Gasteiger partial charge is 0.332 e. The predicted molar refractivity (Wildman–Crippen MR) is 88.9 cm³/mol. The third-order valence-electron chi connectivity index (χ3n) is 4.19. The van der Waals surface area contributed by atoms with Crippen molar-refractivity contribution < 1.29 is 4.39 Å². The fourth-order valence-electron chi connectivity index (χ4n) is 2.84. The number of H-pyrrole nitrogens is 1. The highest BCUT2D eigenvalue weighted by Gasteiger charge is 2.21. The number of aromatic amines is 1. The fraction of sp³-hybridized carbons (Fsp3) is 0.200. The van der Waals surface area contributed by atoms with Crippen molar-refractivity contribution in [3.63, 3.8) is 0 Å². The van der Waals surface area contributed by atoms with Gasteiger partial charge in [-0.15, -0.1) is 10.2 Å². The highest BCUT2D eigenvalue weighted by molar-refractivity contribution is 5.75. The van der Waals surface area contributed by atoms with Gasteiger partial charge in [0.2, 0.25) is 5.82 Å². The van der Waals surface area contributed by atoms with Gasteiger partial charge >= 0.3 is 5.69 Å². The molecule has 3 heterocycles. The zero-order chi connectivity index (χ0) is 18.4. The average Bonchev–Trinajstić information content (AvgIpc) is 3.26. The van der Waals surface area contributed by atoms with E-state index in [1.807, 2.05) is 0 Å².